The summed E-state index contributed by atoms with van der Waals surface area (Å²) < 4.78 is 26.7. The first-order chi connectivity index (χ1) is 7.89. The van der Waals surface area contributed by atoms with Gasteiger partial charge < -0.3 is 5.73 Å². The van der Waals surface area contributed by atoms with Crippen LogP contribution in [0.25, 0.3) is 0 Å². The Bertz CT molecular complexity index is 490. The maximum Gasteiger partial charge on any atom is 0.216 e. The van der Waals surface area contributed by atoms with Gasteiger partial charge >= 0.3 is 0 Å². The number of rotatable bonds is 4. The molecular formula is C12H18N2O2S. The zero-order valence-corrected chi connectivity index (χ0v) is 10.8. The van der Waals surface area contributed by atoms with Crippen molar-refractivity contribution < 1.29 is 8.42 Å². The molecule has 94 valence electrons. The van der Waals surface area contributed by atoms with Gasteiger partial charge in [0.1, 0.15) is 0 Å². The van der Waals surface area contributed by atoms with E-state index in [0.29, 0.717) is 5.69 Å². The average Bonchev–Trinajstić information content (AvgIpc) is 2.18. The summed E-state index contributed by atoms with van der Waals surface area (Å²) in [6, 6.07) is 6.93. The molecule has 1 saturated carbocycles. The van der Waals surface area contributed by atoms with Crippen LogP contribution in [0.15, 0.2) is 24.3 Å². The highest BCUT2D eigenvalue weighted by atomic mass is 32.2. The van der Waals surface area contributed by atoms with E-state index in [-0.39, 0.29) is 11.3 Å². The SMILES string of the molecule is CC1(NS(=O)(=O)Cc2ccc(N)cc2)CCC1. The van der Waals surface area contributed by atoms with Crippen LogP contribution in [-0.2, 0) is 15.8 Å². The largest absolute Gasteiger partial charge is 0.399 e. The van der Waals surface area contributed by atoms with Gasteiger partial charge in [0.05, 0.1) is 5.75 Å². The van der Waals surface area contributed by atoms with Gasteiger partial charge in [0.25, 0.3) is 0 Å². The Morgan fingerprint density at radius 1 is 1.29 bits per heavy atom. The number of hydrogen-bond donors (Lipinski definition) is 2. The van der Waals surface area contributed by atoms with Gasteiger partial charge in [-0.25, -0.2) is 13.1 Å². The second kappa shape index (κ2) is 4.31. The zero-order chi connectivity index (χ0) is 12.5. The van der Waals surface area contributed by atoms with Crippen molar-refractivity contribution in [1.82, 2.24) is 4.72 Å². The van der Waals surface area contributed by atoms with Gasteiger partial charge in [-0.3, -0.25) is 0 Å². The number of sulfonamides is 1. The molecule has 0 saturated heterocycles. The van der Waals surface area contributed by atoms with Crippen LogP contribution in [0.1, 0.15) is 31.7 Å². The van der Waals surface area contributed by atoms with Crippen LogP contribution in [0, 0.1) is 0 Å². The molecule has 1 aromatic carbocycles. The van der Waals surface area contributed by atoms with Gasteiger partial charge in [0.15, 0.2) is 0 Å². The molecule has 0 atom stereocenters. The number of anilines is 1. The van der Waals surface area contributed by atoms with E-state index in [2.05, 4.69) is 4.72 Å². The number of nitrogen functional groups attached to an aromatic ring is 1. The lowest BCUT2D eigenvalue weighted by Gasteiger charge is -2.38. The highest BCUT2D eigenvalue weighted by Crippen LogP contribution is 2.31. The minimum atomic E-state index is -3.26. The highest BCUT2D eigenvalue weighted by Gasteiger charge is 2.35. The summed E-state index contributed by atoms with van der Waals surface area (Å²) in [5, 5.41) is 0. The summed E-state index contributed by atoms with van der Waals surface area (Å²) >= 11 is 0. The zero-order valence-electron chi connectivity index (χ0n) is 9.94. The molecule has 0 aliphatic heterocycles. The maximum absolute atomic E-state index is 12.0. The molecular weight excluding hydrogens is 236 g/mol. The molecule has 2 rings (SSSR count). The van der Waals surface area contributed by atoms with Gasteiger partial charge in [0, 0.05) is 11.2 Å². The van der Waals surface area contributed by atoms with Crippen molar-refractivity contribution in [2.45, 2.75) is 37.5 Å². The average molecular weight is 254 g/mol. The lowest BCUT2D eigenvalue weighted by atomic mass is 9.80. The highest BCUT2D eigenvalue weighted by molar-refractivity contribution is 7.88. The van der Waals surface area contributed by atoms with Crippen LogP contribution in [-0.4, -0.2) is 14.0 Å². The first-order valence-corrected chi connectivity index (χ1v) is 7.40. The first kappa shape index (κ1) is 12.4. The second-order valence-corrected chi connectivity index (χ2v) is 6.74. The Morgan fingerprint density at radius 3 is 2.35 bits per heavy atom. The quantitative estimate of drug-likeness (QED) is 0.802. The van der Waals surface area contributed by atoms with Crippen LogP contribution < -0.4 is 10.5 Å². The summed E-state index contributed by atoms with van der Waals surface area (Å²) in [4.78, 5) is 0. The van der Waals surface area contributed by atoms with Gasteiger partial charge in [-0.05, 0) is 43.9 Å². The second-order valence-electron chi connectivity index (χ2n) is 5.02. The fraction of sp³-hybridized carbons (Fsp3) is 0.500. The Morgan fingerprint density at radius 2 is 1.88 bits per heavy atom. The molecule has 1 aromatic rings. The standard InChI is InChI=1S/C12H18N2O2S/c1-12(7-2-8-12)14-17(15,16)9-10-3-5-11(13)6-4-10/h3-6,14H,2,7-9,13H2,1H3. The van der Waals surface area contributed by atoms with Crippen LogP contribution in [0.3, 0.4) is 0 Å². The molecule has 17 heavy (non-hydrogen) atoms. The third-order valence-corrected chi connectivity index (χ3v) is 4.71. The number of benzene rings is 1. The molecule has 0 aromatic heterocycles. The molecule has 0 bridgehead atoms. The van der Waals surface area contributed by atoms with E-state index in [4.69, 9.17) is 5.73 Å². The van der Waals surface area contributed by atoms with Gasteiger partial charge in [-0.15, -0.1) is 0 Å². The molecule has 0 unspecified atom stereocenters. The molecule has 0 spiro atoms. The van der Waals surface area contributed by atoms with Crippen LogP contribution in [0.2, 0.25) is 0 Å². The third-order valence-electron chi connectivity index (χ3n) is 3.20. The van der Waals surface area contributed by atoms with Gasteiger partial charge in [-0.2, -0.15) is 0 Å². The van der Waals surface area contributed by atoms with Crippen LogP contribution in [0.5, 0.6) is 0 Å². The van der Waals surface area contributed by atoms with E-state index < -0.39 is 10.0 Å². The Balaban J connectivity index is 2.04. The summed E-state index contributed by atoms with van der Waals surface area (Å²) in [6.45, 7) is 1.96. The molecule has 0 heterocycles. The van der Waals surface area contributed by atoms with Crippen molar-refractivity contribution in [3.8, 4) is 0 Å². The fourth-order valence-electron chi connectivity index (χ4n) is 2.05. The monoisotopic (exact) mass is 254 g/mol. The maximum atomic E-state index is 12.0. The lowest BCUT2D eigenvalue weighted by Crippen LogP contribution is -2.51. The van der Waals surface area contributed by atoms with Crippen molar-refractivity contribution in [1.29, 1.82) is 0 Å². The van der Waals surface area contributed by atoms with Crippen molar-refractivity contribution in [3.63, 3.8) is 0 Å². The van der Waals surface area contributed by atoms with Crippen molar-refractivity contribution in [2.75, 3.05) is 5.73 Å². The predicted molar refractivity (Wildman–Crippen MR) is 68.9 cm³/mol. The van der Waals surface area contributed by atoms with Crippen molar-refractivity contribution in [3.05, 3.63) is 29.8 Å². The first-order valence-electron chi connectivity index (χ1n) is 5.75. The minimum absolute atomic E-state index is 0.0167. The number of nitrogens with two attached hydrogens (primary N) is 1. The Kier molecular flexibility index (Phi) is 3.14. The summed E-state index contributed by atoms with van der Waals surface area (Å²) in [7, 11) is -3.26. The molecule has 1 fully saturated rings. The number of hydrogen-bond acceptors (Lipinski definition) is 3. The lowest BCUT2D eigenvalue weighted by molar-refractivity contribution is 0.248. The summed E-state index contributed by atoms with van der Waals surface area (Å²) in [5.74, 6) is 0.0167. The van der Waals surface area contributed by atoms with Gasteiger partial charge in [-0.1, -0.05) is 12.1 Å². The molecule has 1 aliphatic rings. The predicted octanol–water partition coefficient (Wildman–Crippen LogP) is 1.63. The van der Waals surface area contributed by atoms with Crippen molar-refractivity contribution >= 4 is 15.7 Å². The van der Waals surface area contributed by atoms with Crippen LogP contribution >= 0.6 is 0 Å². The molecule has 5 heteroatoms. The van der Waals surface area contributed by atoms with E-state index in [0.717, 1.165) is 24.8 Å². The Labute approximate surface area is 102 Å². The molecule has 1 aliphatic carbocycles. The normalized spacial score (nSPS) is 18.6. The van der Waals surface area contributed by atoms with Crippen LogP contribution in [0.4, 0.5) is 5.69 Å². The fourth-order valence-corrected chi connectivity index (χ4v) is 3.71. The van der Waals surface area contributed by atoms with Crippen molar-refractivity contribution in [2.24, 2.45) is 0 Å². The Hall–Kier alpha value is -1.07. The third kappa shape index (κ3) is 3.20. The molecule has 0 radical (unpaired) electrons. The molecule has 3 N–H and O–H groups in total. The van der Waals surface area contributed by atoms with E-state index in [1.807, 2.05) is 6.92 Å². The summed E-state index contributed by atoms with van der Waals surface area (Å²) in [5.41, 5.74) is 6.73. The van der Waals surface area contributed by atoms with E-state index in [1.54, 1.807) is 24.3 Å². The van der Waals surface area contributed by atoms with E-state index in [1.165, 1.54) is 0 Å². The van der Waals surface area contributed by atoms with E-state index in [9.17, 15) is 8.42 Å². The van der Waals surface area contributed by atoms with E-state index >= 15 is 0 Å². The molecule has 0 amide bonds. The summed E-state index contributed by atoms with van der Waals surface area (Å²) in [6.07, 6.45) is 2.95. The smallest absolute Gasteiger partial charge is 0.216 e. The number of nitrogens with one attached hydrogen (secondary N) is 1. The topological polar surface area (TPSA) is 72.2 Å². The van der Waals surface area contributed by atoms with Gasteiger partial charge in [0.2, 0.25) is 10.0 Å². The minimum Gasteiger partial charge on any atom is -0.399 e. The molecule has 4 nitrogen and oxygen atoms in total.